The molecule has 5 nitrogen and oxygen atoms in total. The van der Waals surface area contributed by atoms with Crippen molar-refractivity contribution in [2.24, 2.45) is 0 Å². The summed E-state index contributed by atoms with van der Waals surface area (Å²) in [5.74, 6) is 1.16. The zero-order chi connectivity index (χ0) is 21.5. The van der Waals surface area contributed by atoms with Crippen molar-refractivity contribution in [1.82, 2.24) is 4.57 Å². The van der Waals surface area contributed by atoms with Gasteiger partial charge >= 0.3 is 0 Å². The topological polar surface area (TPSA) is 55.3 Å². The van der Waals surface area contributed by atoms with E-state index in [1.54, 1.807) is 24.3 Å². The minimum atomic E-state index is 0. The van der Waals surface area contributed by atoms with Crippen molar-refractivity contribution >= 4 is 16.8 Å². The Balaban J connectivity index is 0.00000245. The Morgan fingerprint density at radius 3 is 2.59 bits per heavy atom. The number of aromatic hydroxyl groups is 1. The van der Waals surface area contributed by atoms with Crippen LogP contribution in [-0.4, -0.2) is 22.1 Å². The second-order valence-corrected chi connectivity index (χ2v) is 8.31. The summed E-state index contributed by atoms with van der Waals surface area (Å²) >= 11 is 0. The van der Waals surface area contributed by atoms with Crippen molar-refractivity contribution in [3.8, 4) is 11.5 Å². The first-order chi connectivity index (χ1) is 15.0. The number of imidazole rings is 1. The van der Waals surface area contributed by atoms with Gasteiger partial charge in [0.05, 0.1) is 6.61 Å². The van der Waals surface area contributed by atoms with Crippen LogP contribution in [0, 0.1) is 13.8 Å². The molecule has 0 amide bonds. The molecule has 0 unspecified atom stereocenters. The fourth-order valence-corrected chi connectivity index (χ4v) is 4.22. The quantitative estimate of drug-likeness (QED) is 0.335. The predicted octanol–water partition coefficient (Wildman–Crippen LogP) is 1.12. The van der Waals surface area contributed by atoms with E-state index < -0.39 is 0 Å². The average molecular weight is 493 g/mol. The van der Waals surface area contributed by atoms with Gasteiger partial charge in [0.1, 0.15) is 18.0 Å². The van der Waals surface area contributed by atoms with E-state index in [0.717, 1.165) is 36.4 Å². The fourth-order valence-electron chi connectivity index (χ4n) is 4.22. The standard InChI is InChI=1S/C26H24N2O3.BrH/c1-17-11-23-24(12-18(17)2)28(15-25(30)20-4-6-22(29)7-5-20)16-27(23)14-19-3-8-26-21(13-19)9-10-31-26;/h3-8,11-13,16H,9-10,14-15H2,1-2H3;1H. The number of halogens is 1. The largest absolute Gasteiger partial charge is 1.00 e. The molecule has 2 heterocycles. The normalized spacial score (nSPS) is 12.3. The Hall–Kier alpha value is -3.12. The number of Topliss-reactive ketones (excluding diaryl/α,β-unsaturated/α-hetero) is 1. The number of ether oxygens (including phenoxy) is 1. The van der Waals surface area contributed by atoms with E-state index in [-0.39, 0.29) is 35.1 Å². The van der Waals surface area contributed by atoms with Gasteiger partial charge in [0.25, 0.3) is 0 Å². The molecule has 1 aliphatic heterocycles. The molecule has 32 heavy (non-hydrogen) atoms. The molecule has 1 aromatic heterocycles. The molecule has 0 atom stereocenters. The predicted molar refractivity (Wildman–Crippen MR) is 119 cm³/mol. The lowest BCUT2D eigenvalue weighted by Crippen LogP contribution is -3.00. The number of rotatable bonds is 5. The molecule has 0 aliphatic carbocycles. The van der Waals surface area contributed by atoms with Gasteiger partial charge < -0.3 is 26.8 Å². The van der Waals surface area contributed by atoms with Gasteiger partial charge in [-0.25, -0.2) is 9.13 Å². The van der Waals surface area contributed by atoms with E-state index >= 15 is 0 Å². The molecule has 1 aliphatic rings. The van der Waals surface area contributed by atoms with Gasteiger partial charge in [0.15, 0.2) is 17.6 Å². The number of ketones is 1. The third kappa shape index (κ3) is 4.15. The average Bonchev–Trinajstić information content (AvgIpc) is 3.34. The third-order valence-corrected chi connectivity index (χ3v) is 6.10. The van der Waals surface area contributed by atoms with Crippen molar-refractivity contribution in [2.75, 3.05) is 6.61 Å². The molecule has 164 valence electrons. The molecular formula is C26H25BrN2O3. The first kappa shape index (κ1) is 22.1. The highest BCUT2D eigenvalue weighted by Gasteiger charge is 2.21. The van der Waals surface area contributed by atoms with Crippen molar-refractivity contribution < 1.29 is 36.2 Å². The lowest BCUT2D eigenvalue weighted by Gasteiger charge is -2.03. The van der Waals surface area contributed by atoms with Gasteiger partial charge in [-0.3, -0.25) is 4.79 Å². The van der Waals surface area contributed by atoms with Gasteiger partial charge in [-0.05, 0) is 84.6 Å². The summed E-state index contributed by atoms with van der Waals surface area (Å²) in [5, 5.41) is 9.50. The number of benzene rings is 3. The van der Waals surface area contributed by atoms with Crippen LogP contribution >= 0.6 is 0 Å². The molecular weight excluding hydrogens is 468 g/mol. The lowest BCUT2D eigenvalue weighted by atomic mass is 10.1. The number of aryl methyl sites for hydroxylation is 2. The highest BCUT2D eigenvalue weighted by atomic mass is 79.9. The summed E-state index contributed by atoms with van der Waals surface area (Å²) in [6.45, 7) is 5.94. The van der Waals surface area contributed by atoms with Gasteiger partial charge in [-0.15, -0.1) is 0 Å². The van der Waals surface area contributed by atoms with E-state index in [4.69, 9.17) is 4.74 Å². The summed E-state index contributed by atoms with van der Waals surface area (Å²) < 4.78 is 9.87. The van der Waals surface area contributed by atoms with Gasteiger partial charge in [-0.1, -0.05) is 6.07 Å². The fraction of sp³-hybridized carbons (Fsp3) is 0.231. The first-order valence-electron chi connectivity index (χ1n) is 10.5. The smallest absolute Gasteiger partial charge is 0.245 e. The Morgan fingerprint density at radius 1 is 1.06 bits per heavy atom. The van der Waals surface area contributed by atoms with Crippen LogP contribution in [0.5, 0.6) is 11.5 Å². The molecule has 6 heteroatoms. The minimum Gasteiger partial charge on any atom is -1.00 e. The summed E-state index contributed by atoms with van der Waals surface area (Å²) in [6.07, 6.45) is 2.99. The molecule has 0 fully saturated rings. The SMILES string of the molecule is Cc1cc2c(cc1C)[n+](Cc1ccc3c(c1)CCO3)cn2CC(=O)c1ccc(O)cc1.[Br-]. The van der Waals surface area contributed by atoms with Crippen molar-refractivity contribution in [3.63, 3.8) is 0 Å². The van der Waals surface area contributed by atoms with Crippen molar-refractivity contribution in [2.45, 2.75) is 33.4 Å². The number of phenolic OH excluding ortho intramolecular Hbond substituents is 1. The number of fused-ring (bicyclic) bond motifs is 2. The maximum Gasteiger partial charge on any atom is 0.245 e. The maximum absolute atomic E-state index is 12.9. The molecule has 0 saturated carbocycles. The van der Waals surface area contributed by atoms with E-state index in [2.05, 4.69) is 48.7 Å². The number of carbonyl (C=O) groups excluding carboxylic acids is 1. The Morgan fingerprint density at radius 2 is 1.81 bits per heavy atom. The molecule has 0 radical (unpaired) electrons. The summed E-state index contributed by atoms with van der Waals surface area (Å²) in [7, 11) is 0. The lowest BCUT2D eigenvalue weighted by molar-refractivity contribution is -0.663. The van der Waals surface area contributed by atoms with Crippen LogP contribution in [-0.2, 0) is 19.5 Å². The number of hydrogen-bond acceptors (Lipinski definition) is 3. The molecule has 4 aromatic rings. The van der Waals surface area contributed by atoms with Crippen LogP contribution in [0.4, 0.5) is 0 Å². The second-order valence-electron chi connectivity index (χ2n) is 8.31. The monoisotopic (exact) mass is 492 g/mol. The number of carbonyl (C=O) groups is 1. The maximum atomic E-state index is 12.9. The Bertz CT molecular complexity index is 1310. The number of hydrogen-bond donors (Lipinski definition) is 1. The van der Waals surface area contributed by atoms with Crippen LogP contribution < -0.4 is 26.3 Å². The zero-order valence-electron chi connectivity index (χ0n) is 18.1. The van der Waals surface area contributed by atoms with Crippen LogP contribution in [0.1, 0.15) is 32.6 Å². The van der Waals surface area contributed by atoms with Crippen molar-refractivity contribution in [1.29, 1.82) is 0 Å². The summed E-state index contributed by atoms with van der Waals surface area (Å²) in [5.41, 5.74) is 7.65. The van der Waals surface area contributed by atoms with E-state index in [9.17, 15) is 9.90 Å². The molecule has 3 aromatic carbocycles. The van der Waals surface area contributed by atoms with E-state index in [0.29, 0.717) is 5.56 Å². The van der Waals surface area contributed by atoms with Crippen LogP contribution in [0.2, 0.25) is 0 Å². The molecule has 5 rings (SSSR count). The number of nitrogens with zero attached hydrogens (tertiary/aromatic N) is 2. The number of phenols is 1. The Labute approximate surface area is 197 Å². The third-order valence-electron chi connectivity index (χ3n) is 6.10. The summed E-state index contributed by atoms with van der Waals surface area (Å²) in [4.78, 5) is 12.9. The second kappa shape index (κ2) is 8.79. The van der Waals surface area contributed by atoms with Crippen molar-refractivity contribution in [3.05, 3.63) is 88.7 Å². The van der Waals surface area contributed by atoms with E-state index in [1.165, 1.54) is 22.3 Å². The minimum absolute atomic E-state index is 0. The van der Waals surface area contributed by atoms with Gasteiger partial charge in [0.2, 0.25) is 12.1 Å². The molecule has 0 bridgehead atoms. The molecule has 0 saturated heterocycles. The van der Waals surface area contributed by atoms with E-state index in [1.807, 2.05) is 10.9 Å². The van der Waals surface area contributed by atoms with Gasteiger partial charge in [-0.2, -0.15) is 0 Å². The molecule has 0 spiro atoms. The van der Waals surface area contributed by atoms with Crippen LogP contribution in [0.25, 0.3) is 11.0 Å². The van der Waals surface area contributed by atoms with Crippen LogP contribution in [0.3, 0.4) is 0 Å². The molecule has 1 N–H and O–H groups in total. The highest BCUT2D eigenvalue weighted by Crippen LogP contribution is 2.26. The highest BCUT2D eigenvalue weighted by molar-refractivity contribution is 5.96. The first-order valence-corrected chi connectivity index (χ1v) is 10.5. The zero-order valence-corrected chi connectivity index (χ0v) is 19.7. The van der Waals surface area contributed by atoms with Crippen LogP contribution in [0.15, 0.2) is 60.9 Å². The van der Waals surface area contributed by atoms with Gasteiger partial charge in [0, 0.05) is 12.0 Å². The number of aromatic nitrogens is 2. The Kier molecular flexibility index (Phi) is 6.07. The summed E-state index contributed by atoms with van der Waals surface area (Å²) in [6, 6.07) is 17.2.